The quantitative estimate of drug-likeness (QED) is 0.273. The second-order valence-electron chi connectivity index (χ2n) is 12.6. The van der Waals surface area contributed by atoms with E-state index >= 15 is 0 Å². The maximum absolute atomic E-state index is 13.9. The van der Waals surface area contributed by atoms with Crippen LogP contribution in [-0.4, -0.2) is 66.5 Å². The Morgan fingerprint density at radius 3 is 2.48 bits per heavy atom. The predicted octanol–water partition coefficient (Wildman–Crippen LogP) is 5.60. The molecule has 2 aliphatic carbocycles. The number of hydrogen-bond acceptors (Lipinski definition) is 6. The van der Waals surface area contributed by atoms with Gasteiger partial charge in [-0.25, -0.2) is 0 Å². The van der Waals surface area contributed by atoms with Crippen LogP contribution in [0.3, 0.4) is 0 Å². The molecule has 1 saturated heterocycles. The molecule has 220 valence electrons. The van der Waals surface area contributed by atoms with Gasteiger partial charge >= 0.3 is 11.9 Å². The SMILES string of the molecule is CC(=O)Oc1cccc([C@@]23CCN(CC4CC4)C[C@H]2C(OC(C)=O)C[C@@H](N(C)C(=O)c2ccc4ccccc4c2)C3)c1. The first kappa shape index (κ1) is 28.4. The minimum absolute atomic E-state index is 0.0410. The van der Waals surface area contributed by atoms with Gasteiger partial charge in [-0.3, -0.25) is 14.4 Å². The molecule has 3 fully saturated rings. The second kappa shape index (κ2) is 11.5. The first-order chi connectivity index (χ1) is 20.2. The Morgan fingerprint density at radius 2 is 1.74 bits per heavy atom. The van der Waals surface area contributed by atoms with Crippen molar-refractivity contribution < 1.29 is 23.9 Å². The van der Waals surface area contributed by atoms with Crippen LogP contribution < -0.4 is 4.74 Å². The molecule has 3 aromatic rings. The molecule has 6 rings (SSSR count). The van der Waals surface area contributed by atoms with E-state index in [1.807, 2.05) is 66.5 Å². The standard InChI is InChI=1S/C35H40N2O5/c1-23(38)41-31-10-6-9-29(18-31)35-15-16-37(21-25-11-12-25)22-32(35)33(42-24(2)39)19-30(20-35)36(3)34(40)28-14-13-26-7-4-5-8-27(26)17-28/h4-10,13-14,17-18,25,30,32-33H,11-12,15-16,19-22H2,1-3H3/t30-,32+,33?,35+/m1/s1. The molecule has 7 nitrogen and oxygen atoms in total. The van der Waals surface area contributed by atoms with Crippen molar-refractivity contribution in [3.8, 4) is 5.75 Å². The third-order valence-corrected chi connectivity index (χ3v) is 9.66. The van der Waals surface area contributed by atoms with Crippen molar-refractivity contribution in [2.24, 2.45) is 11.8 Å². The molecule has 0 bridgehead atoms. The topological polar surface area (TPSA) is 76.2 Å². The summed E-state index contributed by atoms with van der Waals surface area (Å²) in [5.41, 5.74) is 1.37. The van der Waals surface area contributed by atoms with Gasteiger partial charge in [0.05, 0.1) is 0 Å². The van der Waals surface area contributed by atoms with Gasteiger partial charge in [-0.1, -0.05) is 42.5 Å². The minimum Gasteiger partial charge on any atom is -0.462 e. The van der Waals surface area contributed by atoms with E-state index in [9.17, 15) is 14.4 Å². The summed E-state index contributed by atoms with van der Waals surface area (Å²) in [4.78, 5) is 42.6. The summed E-state index contributed by atoms with van der Waals surface area (Å²) < 4.78 is 11.6. The molecule has 0 spiro atoms. The smallest absolute Gasteiger partial charge is 0.308 e. The Morgan fingerprint density at radius 1 is 0.952 bits per heavy atom. The summed E-state index contributed by atoms with van der Waals surface area (Å²) in [5, 5.41) is 2.12. The Kier molecular flexibility index (Phi) is 7.79. The molecule has 1 heterocycles. The Hall–Kier alpha value is -3.71. The van der Waals surface area contributed by atoms with Gasteiger partial charge < -0.3 is 19.3 Å². The van der Waals surface area contributed by atoms with Crippen molar-refractivity contribution in [1.29, 1.82) is 0 Å². The van der Waals surface area contributed by atoms with Crippen molar-refractivity contribution in [2.75, 3.05) is 26.7 Å². The van der Waals surface area contributed by atoms with E-state index in [1.54, 1.807) is 6.07 Å². The number of likely N-dealkylation sites (tertiary alicyclic amines) is 1. The fourth-order valence-electron chi connectivity index (χ4n) is 7.42. The molecule has 2 saturated carbocycles. The number of benzene rings is 3. The number of nitrogens with zero attached hydrogens (tertiary/aromatic N) is 2. The first-order valence-corrected chi connectivity index (χ1v) is 15.2. The van der Waals surface area contributed by atoms with E-state index in [2.05, 4.69) is 11.0 Å². The van der Waals surface area contributed by atoms with E-state index in [-0.39, 0.29) is 41.3 Å². The minimum atomic E-state index is -0.361. The summed E-state index contributed by atoms with van der Waals surface area (Å²) in [6, 6.07) is 21.6. The number of carbonyl (C=O) groups is 3. The molecule has 42 heavy (non-hydrogen) atoms. The van der Waals surface area contributed by atoms with Crippen LogP contribution in [0.4, 0.5) is 0 Å². The number of ether oxygens (including phenoxy) is 2. The lowest BCUT2D eigenvalue weighted by Gasteiger charge is -2.56. The maximum Gasteiger partial charge on any atom is 0.308 e. The summed E-state index contributed by atoms with van der Waals surface area (Å²) in [6.07, 6.45) is 4.43. The van der Waals surface area contributed by atoms with Crippen LogP contribution in [-0.2, 0) is 19.7 Å². The first-order valence-electron chi connectivity index (χ1n) is 15.2. The number of hydrogen-bond donors (Lipinski definition) is 0. The van der Waals surface area contributed by atoms with E-state index in [0.717, 1.165) is 54.7 Å². The zero-order chi connectivity index (χ0) is 29.4. The molecule has 0 aromatic heterocycles. The molecule has 0 radical (unpaired) electrons. The third kappa shape index (κ3) is 5.80. The lowest BCUT2D eigenvalue weighted by Crippen LogP contribution is -2.62. The zero-order valence-corrected chi connectivity index (χ0v) is 24.8. The fraction of sp³-hybridized carbons (Fsp3) is 0.457. The number of rotatable bonds is 7. The number of carbonyl (C=O) groups excluding carboxylic acids is 3. The molecular formula is C35H40N2O5. The van der Waals surface area contributed by atoms with Gasteiger partial charge in [0.1, 0.15) is 11.9 Å². The summed E-state index contributed by atoms with van der Waals surface area (Å²) in [7, 11) is 1.87. The van der Waals surface area contributed by atoms with Gasteiger partial charge in [0, 0.05) is 63.3 Å². The molecule has 7 heteroatoms. The Bertz CT molecular complexity index is 1500. The maximum atomic E-state index is 13.9. The van der Waals surface area contributed by atoms with Gasteiger partial charge in [0.25, 0.3) is 5.91 Å². The molecular weight excluding hydrogens is 528 g/mol. The highest BCUT2D eigenvalue weighted by Crippen LogP contribution is 2.52. The average molecular weight is 569 g/mol. The highest BCUT2D eigenvalue weighted by Gasteiger charge is 2.54. The summed E-state index contributed by atoms with van der Waals surface area (Å²) in [6.45, 7) is 5.73. The fourth-order valence-corrected chi connectivity index (χ4v) is 7.42. The van der Waals surface area contributed by atoms with Crippen LogP contribution in [0.2, 0.25) is 0 Å². The van der Waals surface area contributed by atoms with Crippen LogP contribution in [0.1, 0.15) is 61.9 Å². The van der Waals surface area contributed by atoms with Gasteiger partial charge in [-0.15, -0.1) is 0 Å². The lowest BCUT2D eigenvalue weighted by molar-refractivity contribution is -0.158. The van der Waals surface area contributed by atoms with Gasteiger partial charge in [-0.2, -0.15) is 0 Å². The largest absolute Gasteiger partial charge is 0.462 e. The number of esters is 2. The van der Waals surface area contributed by atoms with Crippen LogP contribution in [0, 0.1) is 11.8 Å². The zero-order valence-electron chi connectivity index (χ0n) is 24.8. The van der Waals surface area contributed by atoms with Crippen LogP contribution in [0.5, 0.6) is 5.75 Å². The monoisotopic (exact) mass is 568 g/mol. The van der Waals surface area contributed by atoms with Crippen molar-refractivity contribution in [2.45, 2.75) is 63.5 Å². The molecule has 4 atom stereocenters. The molecule has 0 N–H and O–H groups in total. The Labute approximate surface area is 247 Å². The summed E-state index contributed by atoms with van der Waals surface area (Å²) in [5.74, 6) is 0.633. The Balaban J connectivity index is 1.36. The van der Waals surface area contributed by atoms with Crippen molar-refractivity contribution in [1.82, 2.24) is 9.80 Å². The van der Waals surface area contributed by atoms with E-state index in [1.165, 1.54) is 26.7 Å². The highest BCUT2D eigenvalue weighted by atomic mass is 16.5. The molecule has 1 amide bonds. The van der Waals surface area contributed by atoms with Crippen molar-refractivity contribution >= 4 is 28.6 Å². The molecule has 1 aliphatic heterocycles. The van der Waals surface area contributed by atoms with E-state index < -0.39 is 0 Å². The predicted molar refractivity (Wildman–Crippen MR) is 161 cm³/mol. The number of fused-ring (bicyclic) bond motifs is 2. The van der Waals surface area contributed by atoms with Crippen molar-refractivity contribution in [3.63, 3.8) is 0 Å². The normalized spacial score (nSPS) is 25.8. The van der Waals surface area contributed by atoms with Gasteiger partial charge in [-0.05, 0) is 78.7 Å². The average Bonchev–Trinajstić information content (AvgIpc) is 3.80. The summed E-state index contributed by atoms with van der Waals surface area (Å²) >= 11 is 0. The van der Waals surface area contributed by atoms with E-state index in [0.29, 0.717) is 17.7 Å². The van der Waals surface area contributed by atoms with Gasteiger partial charge in [0.15, 0.2) is 0 Å². The third-order valence-electron chi connectivity index (χ3n) is 9.66. The highest BCUT2D eigenvalue weighted by molar-refractivity contribution is 5.98. The van der Waals surface area contributed by atoms with Crippen molar-refractivity contribution in [3.05, 3.63) is 77.9 Å². The molecule has 1 unspecified atom stereocenters. The lowest BCUT2D eigenvalue weighted by atomic mass is 9.56. The molecule has 3 aromatic carbocycles. The van der Waals surface area contributed by atoms with E-state index in [4.69, 9.17) is 9.47 Å². The van der Waals surface area contributed by atoms with Crippen LogP contribution in [0.25, 0.3) is 10.8 Å². The van der Waals surface area contributed by atoms with Crippen LogP contribution >= 0.6 is 0 Å². The second-order valence-corrected chi connectivity index (χ2v) is 12.6. The van der Waals surface area contributed by atoms with Crippen LogP contribution in [0.15, 0.2) is 66.7 Å². The van der Waals surface area contributed by atoms with Gasteiger partial charge in [0.2, 0.25) is 0 Å². The molecule has 3 aliphatic rings. The number of amides is 1. The number of piperidine rings is 1.